The lowest BCUT2D eigenvalue weighted by atomic mass is 9.87. The number of hydrogen-bond acceptors (Lipinski definition) is 1. The van der Waals surface area contributed by atoms with Gasteiger partial charge in [-0.15, -0.1) is 0 Å². The Bertz CT molecular complexity index is 385. The molecule has 1 aromatic carbocycles. The van der Waals surface area contributed by atoms with Gasteiger partial charge in [-0.2, -0.15) is 0 Å². The van der Waals surface area contributed by atoms with E-state index in [1.54, 1.807) is 12.1 Å². The molecule has 3 heteroatoms. The average Bonchev–Trinajstić information content (AvgIpc) is 2.25. The van der Waals surface area contributed by atoms with Crippen molar-refractivity contribution in [2.45, 2.75) is 46.1 Å². The molecule has 1 atom stereocenters. The Hall–Kier alpha value is -0.600. The topological polar surface area (TPSA) is 12.0 Å². The first-order chi connectivity index (χ1) is 8.31. The summed E-state index contributed by atoms with van der Waals surface area (Å²) in [6, 6.07) is 5.21. The molecule has 102 valence electrons. The van der Waals surface area contributed by atoms with Gasteiger partial charge >= 0.3 is 0 Å². The molecule has 0 saturated carbocycles. The predicted octanol–water partition coefficient (Wildman–Crippen LogP) is 4.44. The van der Waals surface area contributed by atoms with E-state index in [1.807, 2.05) is 7.05 Å². The summed E-state index contributed by atoms with van der Waals surface area (Å²) in [5.74, 6) is -0.210. The molecule has 1 rings (SSSR count). The van der Waals surface area contributed by atoms with Gasteiger partial charge in [0.1, 0.15) is 5.82 Å². The lowest BCUT2D eigenvalue weighted by Crippen LogP contribution is -2.29. The molecule has 1 aromatic rings. The van der Waals surface area contributed by atoms with Crippen molar-refractivity contribution < 1.29 is 4.39 Å². The van der Waals surface area contributed by atoms with E-state index in [0.717, 1.165) is 18.4 Å². The summed E-state index contributed by atoms with van der Waals surface area (Å²) in [6.07, 6.45) is 2.87. The molecular formula is C15H23ClFN. The summed E-state index contributed by atoms with van der Waals surface area (Å²) < 4.78 is 13.7. The standard InChI is InChI=1S/C15H23ClFN/c1-15(2,3)8-7-13(18-4)9-11-5-6-12(16)10-14(11)17/h5-6,10,13,18H,7-9H2,1-4H3. The smallest absolute Gasteiger partial charge is 0.127 e. The Morgan fingerprint density at radius 2 is 2.00 bits per heavy atom. The molecule has 0 amide bonds. The van der Waals surface area contributed by atoms with Crippen LogP contribution in [0.5, 0.6) is 0 Å². The van der Waals surface area contributed by atoms with Crippen LogP contribution in [0.25, 0.3) is 0 Å². The van der Waals surface area contributed by atoms with Gasteiger partial charge < -0.3 is 5.32 Å². The number of likely N-dealkylation sites (N-methyl/N-ethyl adjacent to an activating group) is 1. The van der Waals surface area contributed by atoms with E-state index in [4.69, 9.17) is 11.6 Å². The van der Waals surface area contributed by atoms with Crippen molar-refractivity contribution in [2.24, 2.45) is 5.41 Å². The van der Waals surface area contributed by atoms with Crippen LogP contribution in [0.4, 0.5) is 4.39 Å². The third kappa shape index (κ3) is 5.36. The summed E-state index contributed by atoms with van der Waals surface area (Å²) in [7, 11) is 1.93. The minimum absolute atomic E-state index is 0.210. The second-order valence-electron chi connectivity index (χ2n) is 6.02. The van der Waals surface area contributed by atoms with Crippen LogP contribution < -0.4 is 5.32 Å². The molecule has 1 nitrogen and oxygen atoms in total. The lowest BCUT2D eigenvalue weighted by molar-refractivity contribution is 0.334. The Balaban J connectivity index is 2.62. The number of rotatable bonds is 5. The van der Waals surface area contributed by atoms with Crippen molar-refractivity contribution in [3.63, 3.8) is 0 Å². The highest BCUT2D eigenvalue weighted by Gasteiger charge is 2.16. The largest absolute Gasteiger partial charge is 0.317 e. The molecule has 0 saturated heterocycles. The Kier molecular flexibility index (Phi) is 5.61. The van der Waals surface area contributed by atoms with Crippen LogP contribution in [0.2, 0.25) is 5.02 Å². The van der Waals surface area contributed by atoms with Gasteiger partial charge in [-0.25, -0.2) is 4.39 Å². The molecule has 0 fully saturated rings. The Morgan fingerprint density at radius 3 is 2.50 bits per heavy atom. The van der Waals surface area contributed by atoms with Gasteiger partial charge in [-0.05, 0) is 49.4 Å². The quantitative estimate of drug-likeness (QED) is 0.835. The molecule has 0 aliphatic carbocycles. The molecule has 0 radical (unpaired) electrons. The molecule has 18 heavy (non-hydrogen) atoms. The fraction of sp³-hybridized carbons (Fsp3) is 0.600. The summed E-state index contributed by atoms with van der Waals surface area (Å²) in [5.41, 5.74) is 1.04. The molecule has 1 N–H and O–H groups in total. The molecule has 0 aliphatic rings. The van der Waals surface area contributed by atoms with Crippen LogP contribution in [0.1, 0.15) is 39.2 Å². The van der Waals surface area contributed by atoms with Crippen molar-refractivity contribution >= 4 is 11.6 Å². The number of hydrogen-bond donors (Lipinski definition) is 1. The van der Waals surface area contributed by atoms with Crippen molar-refractivity contribution in [1.29, 1.82) is 0 Å². The summed E-state index contributed by atoms with van der Waals surface area (Å²) >= 11 is 5.75. The second-order valence-corrected chi connectivity index (χ2v) is 6.46. The summed E-state index contributed by atoms with van der Waals surface area (Å²) in [5, 5.41) is 3.72. The summed E-state index contributed by atoms with van der Waals surface area (Å²) in [6.45, 7) is 6.67. The fourth-order valence-corrected chi connectivity index (χ4v) is 2.07. The minimum atomic E-state index is -0.210. The zero-order chi connectivity index (χ0) is 13.8. The van der Waals surface area contributed by atoms with Gasteiger partial charge in [0.15, 0.2) is 0 Å². The van der Waals surface area contributed by atoms with Crippen LogP contribution >= 0.6 is 11.6 Å². The highest BCUT2D eigenvalue weighted by Crippen LogP contribution is 2.23. The zero-order valence-electron chi connectivity index (χ0n) is 11.7. The fourth-order valence-electron chi connectivity index (χ4n) is 1.91. The van der Waals surface area contributed by atoms with Crippen molar-refractivity contribution in [2.75, 3.05) is 7.05 Å². The maximum absolute atomic E-state index is 13.7. The Morgan fingerprint density at radius 1 is 1.33 bits per heavy atom. The molecular weight excluding hydrogens is 249 g/mol. The van der Waals surface area contributed by atoms with Gasteiger partial charge in [0.2, 0.25) is 0 Å². The predicted molar refractivity (Wildman–Crippen MR) is 76.7 cm³/mol. The van der Waals surface area contributed by atoms with Crippen LogP contribution in [0, 0.1) is 11.2 Å². The Labute approximate surface area is 115 Å². The number of halogens is 2. The monoisotopic (exact) mass is 271 g/mol. The molecule has 0 heterocycles. The third-order valence-corrected chi connectivity index (χ3v) is 3.37. The van der Waals surface area contributed by atoms with E-state index in [2.05, 4.69) is 26.1 Å². The van der Waals surface area contributed by atoms with Crippen LogP contribution in [0.15, 0.2) is 18.2 Å². The van der Waals surface area contributed by atoms with Crippen LogP contribution in [0.3, 0.4) is 0 Å². The molecule has 1 unspecified atom stereocenters. The van der Waals surface area contributed by atoms with E-state index in [0.29, 0.717) is 22.9 Å². The first-order valence-corrected chi connectivity index (χ1v) is 6.81. The minimum Gasteiger partial charge on any atom is -0.317 e. The van der Waals surface area contributed by atoms with E-state index in [1.165, 1.54) is 6.07 Å². The number of benzene rings is 1. The molecule has 0 spiro atoms. The highest BCUT2D eigenvalue weighted by molar-refractivity contribution is 6.30. The van der Waals surface area contributed by atoms with Gasteiger partial charge in [-0.3, -0.25) is 0 Å². The molecule has 0 bridgehead atoms. The first-order valence-electron chi connectivity index (χ1n) is 6.43. The third-order valence-electron chi connectivity index (χ3n) is 3.13. The van der Waals surface area contributed by atoms with Gasteiger partial charge in [0, 0.05) is 11.1 Å². The van der Waals surface area contributed by atoms with Crippen LogP contribution in [-0.2, 0) is 6.42 Å². The van der Waals surface area contributed by atoms with E-state index in [9.17, 15) is 4.39 Å². The normalized spacial score (nSPS) is 13.7. The molecule has 0 aromatic heterocycles. The second kappa shape index (κ2) is 6.53. The van der Waals surface area contributed by atoms with Gasteiger partial charge in [0.05, 0.1) is 0 Å². The van der Waals surface area contributed by atoms with Crippen molar-refractivity contribution in [3.05, 3.63) is 34.6 Å². The van der Waals surface area contributed by atoms with Gasteiger partial charge in [-0.1, -0.05) is 38.4 Å². The molecule has 0 aliphatic heterocycles. The highest BCUT2D eigenvalue weighted by atomic mass is 35.5. The van der Waals surface area contributed by atoms with E-state index < -0.39 is 0 Å². The maximum Gasteiger partial charge on any atom is 0.127 e. The zero-order valence-corrected chi connectivity index (χ0v) is 12.4. The maximum atomic E-state index is 13.7. The van der Waals surface area contributed by atoms with E-state index >= 15 is 0 Å². The van der Waals surface area contributed by atoms with Gasteiger partial charge in [0.25, 0.3) is 0 Å². The van der Waals surface area contributed by atoms with E-state index in [-0.39, 0.29) is 5.82 Å². The van der Waals surface area contributed by atoms with Crippen molar-refractivity contribution in [1.82, 2.24) is 5.32 Å². The number of nitrogens with one attached hydrogen (secondary N) is 1. The van der Waals surface area contributed by atoms with Crippen LogP contribution in [-0.4, -0.2) is 13.1 Å². The average molecular weight is 272 g/mol. The van der Waals surface area contributed by atoms with Crippen molar-refractivity contribution in [3.8, 4) is 0 Å². The first kappa shape index (κ1) is 15.5. The summed E-state index contributed by atoms with van der Waals surface area (Å²) in [4.78, 5) is 0. The lowest BCUT2D eigenvalue weighted by Gasteiger charge is -2.23. The SMILES string of the molecule is CNC(CCC(C)(C)C)Cc1ccc(Cl)cc1F.